The van der Waals surface area contributed by atoms with Crippen LogP contribution < -0.4 is 20.5 Å². The number of methoxy groups -OCH3 is 1. The average molecular weight is 476 g/mol. The lowest BCUT2D eigenvalue weighted by atomic mass is 9.99. The molecule has 0 spiro atoms. The van der Waals surface area contributed by atoms with Crippen LogP contribution in [0.15, 0.2) is 78.9 Å². The number of nitrogens with one attached hydrogen (secondary N) is 2. The van der Waals surface area contributed by atoms with E-state index in [0.29, 0.717) is 11.3 Å². The number of carboxylic acid groups (broad SMARTS) is 1. The molecule has 0 aliphatic carbocycles. The molecule has 0 saturated heterocycles. The van der Waals surface area contributed by atoms with Crippen molar-refractivity contribution in [3.8, 4) is 11.5 Å². The van der Waals surface area contributed by atoms with Crippen molar-refractivity contribution in [1.29, 1.82) is 5.41 Å². The lowest BCUT2D eigenvalue weighted by molar-refractivity contribution is -0.164. The van der Waals surface area contributed by atoms with Crippen molar-refractivity contribution in [3.05, 3.63) is 95.6 Å². The van der Waals surface area contributed by atoms with Gasteiger partial charge < -0.3 is 20.3 Å². The Balaban J connectivity index is 1.89. The van der Waals surface area contributed by atoms with Crippen LogP contribution in [0.5, 0.6) is 11.5 Å². The number of ether oxygens (including phenoxy) is 2. The molecular formula is C26H25N3O6. The normalized spacial score (nSPS) is 12.1. The zero-order valence-electron chi connectivity index (χ0n) is 19.0. The summed E-state index contributed by atoms with van der Waals surface area (Å²) < 4.78 is 10.8. The van der Waals surface area contributed by atoms with Crippen LogP contribution in [0.2, 0.25) is 0 Å². The molecule has 0 bridgehead atoms. The van der Waals surface area contributed by atoms with E-state index in [1.54, 1.807) is 42.5 Å². The van der Waals surface area contributed by atoms with Crippen molar-refractivity contribution in [1.82, 2.24) is 5.32 Å². The molecule has 0 saturated carbocycles. The van der Waals surface area contributed by atoms with E-state index in [-0.39, 0.29) is 30.0 Å². The van der Waals surface area contributed by atoms with Crippen molar-refractivity contribution >= 4 is 23.5 Å². The lowest BCUT2D eigenvalue weighted by Crippen LogP contribution is -2.64. The molecule has 0 heterocycles. The molecule has 9 heteroatoms. The number of hydrogen-bond donors (Lipinski definition) is 4. The molecule has 0 aliphatic heterocycles. The number of Topliss-reactive ketones (excluding diaryl/α,β-unsaturated/α-hetero) is 1. The molecule has 1 unspecified atom stereocenters. The van der Waals surface area contributed by atoms with Crippen LogP contribution in [0.4, 0.5) is 0 Å². The highest BCUT2D eigenvalue weighted by molar-refractivity contribution is 6.11. The fraction of sp³-hybridized carbons (Fsp3) is 0.154. The largest absolute Gasteiger partial charge is 0.497 e. The van der Waals surface area contributed by atoms with Gasteiger partial charge in [0.15, 0.2) is 0 Å². The predicted molar refractivity (Wildman–Crippen MR) is 129 cm³/mol. The lowest BCUT2D eigenvalue weighted by Gasteiger charge is -2.30. The van der Waals surface area contributed by atoms with Gasteiger partial charge in [0.05, 0.1) is 7.11 Å². The summed E-state index contributed by atoms with van der Waals surface area (Å²) in [7, 11) is 1.54. The summed E-state index contributed by atoms with van der Waals surface area (Å²) in [4.78, 5) is 38.8. The zero-order chi connectivity index (χ0) is 25.4. The number of carbonyl (C=O) groups excluding carboxylic acids is 2. The van der Waals surface area contributed by atoms with Crippen molar-refractivity contribution in [2.75, 3.05) is 7.11 Å². The van der Waals surface area contributed by atoms with Crippen LogP contribution in [0.1, 0.15) is 27.9 Å². The molecule has 0 radical (unpaired) electrons. The number of aryl methyl sites for hydroxylation is 1. The van der Waals surface area contributed by atoms with Crippen LogP contribution in [-0.4, -0.2) is 41.4 Å². The fourth-order valence-electron chi connectivity index (χ4n) is 3.29. The third-order valence-corrected chi connectivity index (χ3v) is 5.26. The Bertz CT molecular complexity index is 1210. The number of carboxylic acids is 1. The third-order valence-electron chi connectivity index (χ3n) is 5.26. The molecule has 3 aromatic rings. The zero-order valence-corrected chi connectivity index (χ0v) is 19.0. The fourth-order valence-corrected chi connectivity index (χ4v) is 3.29. The monoisotopic (exact) mass is 475 g/mol. The number of amides is 1. The molecule has 3 aromatic carbocycles. The molecule has 0 aromatic heterocycles. The van der Waals surface area contributed by atoms with E-state index < -0.39 is 23.4 Å². The van der Waals surface area contributed by atoms with E-state index in [4.69, 9.17) is 20.6 Å². The second kappa shape index (κ2) is 11.0. The van der Waals surface area contributed by atoms with Gasteiger partial charge in [-0.3, -0.25) is 20.3 Å². The number of rotatable bonds is 11. The Labute approximate surface area is 202 Å². The van der Waals surface area contributed by atoms with Crippen LogP contribution in [0, 0.1) is 5.41 Å². The topological polar surface area (TPSA) is 152 Å². The van der Waals surface area contributed by atoms with E-state index in [1.807, 2.05) is 0 Å². The SMILES string of the molecule is COc1ccc(CCC(=O)C(NC(=O)c2ccc(C(=N)N)cc2)(Oc2ccccc2)C(=O)O)cc1. The number of ketones is 1. The maximum absolute atomic E-state index is 13.3. The van der Waals surface area contributed by atoms with Crippen LogP contribution in [-0.2, 0) is 16.0 Å². The minimum Gasteiger partial charge on any atom is -0.497 e. The van der Waals surface area contributed by atoms with E-state index in [0.717, 1.165) is 5.56 Å². The van der Waals surface area contributed by atoms with E-state index in [9.17, 15) is 19.5 Å². The van der Waals surface area contributed by atoms with E-state index in [2.05, 4.69) is 5.32 Å². The Morgan fingerprint density at radius 1 is 0.914 bits per heavy atom. The molecule has 0 fully saturated rings. The highest BCUT2D eigenvalue weighted by Gasteiger charge is 2.50. The summed E-state index contributed by atoms with van der Waals surface area (Å²) in [6.45, 7) is 0. The van der Waals surface area contributed by atoms with Gasteiger partial charge in [-0.05, 0) is 48.4 Å². The summed E-state index contributed by atoms with van der Waals surface area (Å²) in [6, 6.07) is 20.6. The smallest absolute Gasteiger partial charge is 0.378 e. The molecule has 5 N–H and O–H groups in total. The maximum atomic E-state index is 13.3. The summed E-state index contributed by atoms with van der Waals surface area (Å²) in [5, 5.41) is 19.9. The van der Waals surface area contributed by atoms with Gasteiger partial charge in [-0.2, -0.15) is 0 Å². The number of para-hydroxylation sites is 1. The maximum Gasteiger partial charge on any atom is 0.378 e. The van der Waals surface area contributed by atoms with Gasteiger partial charge in [0.25, 0.3) is 5.91 Å². The minimum atomic E-state index is -2.66. The third kappa shape index (κ3) is 6.02. The van der Waals surface area contributed by atoms with Gasteiger partial charge in [-0.15, -0.1) is 0 Å². The first kappa shape index (κ1) is 25.0. The van der Waals surface area contributed by atoms with Gasteiger partial charge in [-0.25, -0.2) is 4.79 Å². The number of nitrogen functional groups attached to an aromatic ring is 1. The second-order valence-electron chi connectivity index (χ2n) is 7.62. The van der Waals surface area contributed by atoms with Crippen LogP contribution in [0.25, 0.3) is 0 Å². The number of aliphatic carboxylic acids is 1. The molecule has 180 valence electrons. The van der Waals surface area contributed by atoms with Crippen molar-refractivity contribution in [2.45, 2.75) is 18.6 Å². The van der Waals surface area contributed by atoms with Gasteiger partial charge >= 0.3 is 11.7 Å². The molecule has 9 nitrogen and oxygen atoms in total. The Morgan fingerprint density at radius 2 is 1.51 bits per heavy atom. The van der Waals surface area contributed by atoms with Crippen molar-refractivity contribution < 1.29 is 29.0 Å². The highest BCUT2D eigenvalue weighted by Crippen LogP contribution is 2.22. The van der Waals surface area contributed by atoms with Gasteiger partial charge in [-0.1, -0.05) is 42.5 Å². The first-order chi connectivity index (χ1) is 16.7. The Morgan fingerprint density at radius 3 is 2.06 bits per heavy atom. The number of hydrogen-bond acceptors (Lipinski definition) is 6. The average Bonchev–Trinajstić information content (AvgIpc) is 2.87. The second-order valence-corrected chi connectivity index (χ2v) is 7.62. The summed E-state index contributed by atoms with van der Waals surface area (Å²) >= 11 is 0. The summed E-state index contributed by atoms with van der Waals surface area (Å²) in [5.74, 6) is -2.77. The first-order valence-corrected chi connectivity index (χ1v) is 10.7. The molecule has 0 aliphatic rings. The molecular weight excluding hydrogens is 450 g/mol. The van der Waals surface area contributed by atoms with Gasteiger partial charge in [0, 0.05) is 17.5 Å². The number of nitrogens with two attached hydrogens (primary N) is 1. The van der Waals surface area contributed by atoms with Gasteiger partial charge in [0.2, 0.25) is 5.78 Å². The predicted octanol–water partition coefficient (Wildman–Crippen LogP) is 2.77. The van der Waals surface area contributed by atoms with Crippen LogP contribution in [0.3, 0.4) is 0 Å². The van der Waals surface area contributed by atoms with E-state index in [1.165, 1.54) is 43.5 Å². The Kier molecular flexibility index (Phi) is 7.83. The Hall–Kier alpha value is -4.66. The highest BCUT2D eigenvalue weighted by atomic mass is 16.5. The standard InChI is InChI=1S/C26H25N3O6/c1-34-20-14-7-17(8-15-20)9-16-22(30)26(25(32)33,35-21-5-3-2-4-6-21)29-24(31)19-12-10-18(11-13-19)23(27)28/h2-8,10-15H,9,16H2,1H3,(H3,27,28)(H,29,31)(H,32,33). The quantitative estimate of drug-likeness (QED) is 0.144. The molecule has 1 amide bonds. The van der Waals surface area contributed by atoms with Crippen LogP contribution >= 0.6 is 0 Å². The molecule has 3 rings (SSSR count). The van der Waals surface area contributed by atoms with Gasteiger partial charge in [0.1, 0.15) is 17.3 Å². The number of amidine groups is 1. The van der Waals surface area contributed by atoms with Crippen molar-refractivity contribution in [2.24, 2.45) is 5.73 Å². The number of benzene rings is 3. The first-order valence-electron chi connectivity index (χ1n) is 10.7. The molecule has 1 atom stereocenters. The summed E-state index contributed by atoms with van der Waals surface area (Å²) in [5.41, 5.74) is 4.02. The summed E-state index contributed by atoms with van der Waals surface area (Å²) in [6.07, 6.45) is 0.00814. The van der Waals surface area contributed by atoms with E-state index >= 15 is 0 Å². The molecule has 35 heavy (non-hydrogen) atoms. The van der Waals surface area contributed by atoms with Crippen molar-refractivity contribution in [3.63, 3.8) is 0 Å². The minimum absolute atomic E-state index is 0.0697. The number of carbonyl (C=O) groups is 3.